The lowest BCUT2D eigenvalue weighted by molar-refractivity contribution is 0.313. The summed E-state index contributed by atoms with van der Waals surface area (Å²) in [6, 6.07) is 15.4. The van der Waals surface area contributed by atoms with Gasteiger partial charge in [-0.15, -0.1) is 10.2 Å². The molecular formula is C19H21N3O3S. The average molecular weight is 371 g/mol. The van der Waals surface area contributed by atoms with Crippen LogP contribution in [0.15, 0.2) is 53.7 Å². The molecule has 0 spiro atoms. The van der Waals surface area contributed by atoms with Gasteiger partial charge >= 0.3 is 0 Å². The van der Waals surface area contributed by atoms with Gasteiger partial charge in [-0.25, -0.2) is 0 Å². The summed E-state index contributed by atoms with van der Waals surface area (Å²) in [6.07, 6.45) is 0. The summed E-state index contributed by atoms with van der Waals surface area (Å²) < 4.78 is 18.2. The van der Waals surface area contributed by atoms with Crippen molar-refractivity contribution in [2.75, 3.05) is 26.6 Å². The fraction of sp³-hybridized carbons (Fsp3) is 0.263. The summed E-state index contributed by atoms with van der Waals surface area (Å²) >= 11 is 1.60. The van der Waals surface area contributed by atoms with Gasteiger partial charge < -0.3 is 18.8 Å². The minimum atomic E-state index is 0.551. The third-order valence-corrected chi connectivity index (χ3v) is 4.81. The van der Waals surface area contributed by atoms with E-state index in [9.17, 15) is 0 Å². The van der Waals surface area contributed by atoms with E-state index in [2.05, 4.69) is 10.2 Å². The highest BCUT2D eigenvalue weighted by Crippen LogP contribution is 2.27. The largest absolute Gasteiger partial charge is 0.497 e. The highest BCUT2D eigenvalue weighted by Gasteiger charge is 2.11. The SMILES string of the molecule is COc1ccc(-c2nnc(SCCOc3ccccc3OC)n2C)cc1. The molecule has 0 atom stereocenters. The normalized spacial score (nSPS) is 10.6. The Kier molecular flexibility index (Phi) is 6.01. The molecule has 0 aliphatic carbocycles. The maximum atomic E-state index is 5.79. The van der Waals surface area contributed by atoms with Crippen molar-refractivity contribution < 1.29 is 14.2 Å². The topological polar surface area (TPSA) is 58.4 Å². The van der Waals surface area contributed by atoms with E-state index in [0.29, 0.717) is 6.61 Å². The first-order valence-corrected chi connectivity index (χ1v) is 9.14. The Labute approximate surface area is 157 Å². The van der Waals surface area contributed by atoms with Gasteiger partial charge in [-0.1, -0.05) is 23.9 Å². The molecule has 0 fully saturated rings. The summed E-state index contributed by atoms with van der Waals surface area (Å²) in [4.78, 5) is 0. The lowest BCUT2D eigenvalue weighted by atomic mass is 10.2. The molecule has 3 rings (SSSR count). The van der Waals surface area contributed by atoms with Crippen molar-refractivity contribution in [2.45, 2.75) is 5.16 Å². The van der Waals surface area contributed by atoms with E-state index in [-0.39, 0.29) is 0 Å². The van der Waals surface area contributed by atoms with Crippen LogP contribution in [0.2, 0.25) is 0 Å². The quantitative estimate of drug-likeness (QED) is 0.445. The second-order valence-corrected chi connectivity index (χ2v) is 6.50. The number of benzene rings is 2. The molecule has 0 N–H and O–H groups in total. The zero-order chi connectivity index (χ0) is 18.4. The maximum Gasteiger partial charge on any atom is 0.191 e. The molecule has 0 aliphatic heterocycles. The Morgan fingerprint density at radius 2 is 1.65 bits per heavy atom. The molecule has 0 saturated heterocycles. The predicted molar refractivity (Wildman–Crippen MR) is 102 cm³/mol. The number of hydrogen-bond acceptors (Lipinski definition) is 6. The van der Waals surface area contributed by atoms with Gasteiger partial charge in [0.05, 0.1) is 20.8 Å². The van der Waals surface area contributed by atoms with Crippen molar-refractivity contribution in [3.05, 3.63) is 48.5 Å². The number of rotatable bonds is 8. The van der Waals surface area contributed by atoms with Crippen molar-refractivity contribution in [2.24, 2.45) is 7.05 Å². The molecule has 1 aromatic heterocycles. The van der Waals surface area contributed by atoms with Crippen LogP contribution in [-0.2, 0) is 7.05 Å². The molecule has 0 radical (unpaired) electrons. The van der Waals surface area contributed by atoms with Gasteiger partial charge in [-0.05, 0) is 36.4 Å². The smallest absolute Gasteiger partial charge is 0.191 e. The van der Waals surface area contributed by atoms with Crippen LogP contribution >= 0.6 is 11.8 Å². The van der Waals surface area contributed by atoms with Gasteiger partial charge in [0, 0.05) is 18.4 Å². The highest BCUT2D eigenvalue weighted by molar-refractivity contribution is 7.99. The van der Waals surface area contributed by atoms with Crippen LogP contribution in [0.1, 0.15) is 0 Å². The molecule has 0 aliphatic rings. The second kappa shape index (κ2) is 8.62. The Morgan fingerprint density at radius 1 is 0.923 bits per heavy atom. The Hall–Kier alpha value is -2.67. The summed E-state index contributed by atoms with van der Waals surface area (Å²) in [5.41, 5.74) is 0.998. The molecule has 0 unspecified atom stereocenters. The monoisotopic (exact) mass is 371 g/mol. The van der Waals surface area contributed by atoms with Crippen LogP contribution in [0.3, 0.4) is 0 Å². The van der Waals surface area contributed by atoms with Crippen LogP contribution in [0.25, 0.3) is 11.4 Å². The molecule has 6 nitrogen and oxygen atoms in total. The van der Waals surface area contributed by atoms with E-state index in [4.69, 9.17) is 14.2 Å². The van der Waals surface area contributed by atoms with Crippen molar-refractivity contribution in [3.63, 3.8) is 0 Å². The van der Waals surface area contributed by atoms with Crippen molar-refractivity contribution >= 4 is 11.8 Å². The first-order chi connectivity index (χ1) is 12.7. The van der Waals surface area contributed by atoms with E-state index >= 15 is 0 Å². The van der Waals surface area contributed by atoms with E-state index in [1.807, 2.05) is 60.1 Å². The van der Waals surface area contributed by atoms with Crippen LogP contribution in [0, 0.1) is 0 Å². The number of thioether (sulfide) groups is 1. The van der Waals surface area contributed by atoms with E-state index in [1.54, 1.807) is 26.0 Å². The van der Waals surface area contributed by atoms with Crippen LogP contribution in [0.4, 0.5) is 0 Å². The van der Waals surface area contributed by atoms with E-state index in [0.717, 1.165) is 39.5 Å². The molecule has 3 aromatic rings. The number of ether oxygens (including phenoxy) is 3. The van der Waals surface area contributed by atoms with Gasteiger partial charge in [-0.2, -0.15) is 0 Å². The first kappa shape index (κ1) is 18.1. The molecule has 7 heteroatoms. The maximum absolute atomic E-state index is 5.79. The summed E-state index contributed by atoms with van der Waals surface area (Å²) in [7, 11) is 5.25. The van der Waals surface area contributed by atoms with Crippen LogP contribution in [-0.4, -0.2) is 41.3 Å². The van der Waals surface area contributed by atoms with Gasteiger partial charge in [0.15, 0.2) is 22.5 Å². The summed E-state index contributed by atoms with van der Waals surface area (Å²) in [5, 5.41) is 9.42. The van der Waals surface area contributed by atoms with Crippen LogP contribution < -0.4 is 14.2 Å². The number of hydrogen-bond donors (Lipinski definition) is 0. The lowest BCUT2D eigenvalue weighted by Gasteiger charge is -2.10. The molecule has 0 amide bonds. The van der Waals surface area contributed by atoms with Crippen molar-refractivity contribution in [1.82, 2.24) is 14.8 Å². The minimum Gasteiger partial charge on any atom is -0.497 e. The molecule has 1 heterocycles. The summed E-state index contributed by atoms with van der Waals surface area (Å²) in [6.45, 7) is 0.551. The Morgan fingerprint density at radius 3 is 2.35 bits per heavy atom. The van der Waals surface area contributed by atoms with Gasteiger partial charge in [0.25, 0.3) is 0 Å². The van der Waals surface area contributed by atoms with Crippen molar-refractivity contribution in [1.29, 1.82) is 0 Å². The Bertz CT molecular complexity index is 849. The Balaban J connectivity index is 1.58. The average Bonchev–Trinajstić information content (AvgIpc) is 3.06. The van der Waals surface area contributed by atoms with Crippen LogP contribution in [0.5, 0.6) is 17.2 Å². The number of methoxy groups -OCH3 is 2. The summed E-state index contributed by atoms with van der Waals surface area (Å²) in [5.74, 6) is 3.87. The third-order valence-electron chi connectivity index (χ3n) is 3.82. The van der Waals surface area contributed by atoms with E-state index in [1.165, 1.54) is 0 Å². The van der Waals surface area contributed by atoms with Gasteiger partial charge in [0.2, 0.25) is 0 Å². The molecule has 2 aromatic carbocycles. The lowest BCUT2D eigenvalue weighted by Crippen LogP contribution is -2.03. The third kappa shape index (κ3) is 4.11. The first-order valence-electron chi connectivity index (χ1n) is 8.15. The number of aromatic nitrogens is 3. The molecule has 136 valence electrons. The fourth-order valence-electron chi connectivity index (χ4n) is 2.45. The molecule has 26 heavy (non-hydrogen) atoms. The molecule has 0 bridgehead atoms. The molecule has 0 saturated carbocycles. The second-order valence-electron chi connectivity index (χ2n) is 5.44. The number of para-hydroxylation sites is 2. The van der Waals surface area contributed by atoms with Gasteiger partial charge in [0.1, 0.15) is 5.75 Å². The minimum absolute atomic E-state index is 0.551. The fourth-order valence-corrected chi connectivity index (χ4v) is 3.18. The molecular weight excluding hydrogens is 350 g/mol. The van der Waals surface area contributed by atoms with Crippen molar-refractivity contribution in [3.8, 4) is 28.6 Å². The standard InChI is InChI=1S/C19H21N3O3S/c1-22-18(14-8-10-15(23-2)11-9-14)20-21-19(22)26-13-12-25-17-7-5-4-6-16(17)24-3/h4-11H,12-13H2,1-3H3. The zero-order valence-corrected chi connectivity index (χ0v) is 15.8. The predicted octanol–water partition coefficient (Wildman–Crippen LogP) is 3.67. The van der Waals surface area contributed by atoms with E-state index < -0.39 is 0 Å². The highest BCUT2D eigenvalue weighted by atomic mass is 32.2. The number of nitrogens with zero attached hydrogens (tertiary/aromatic N) is 3. The van der Waals surface area contributed by atoms with Gasteiger partial charge in [-0.3, -0.25) is 0 Å². The zero-order valence-electron chi connectivity index (χ0n) is 15.0.